The molecular weight excluding hydrogens is 365 g/mol. The van der Waals surface area contributed by atoms with Gasteiger partial charge in [0, 0.05) is 22.9 Å². The zero-order chi connectivity index (χ0) is 16.2. The highest BCUT2D eigenvalue weighted by molar-refractivity contribution is 9.10. The van der Waals surface area contributed by atoms with Gasteiger partial charge in [-0.1, -0.05) is 0 Å². The molecule has 1 aromatic rings. The van der Waals surface area contributed by atoms with Crippen molar-refractivity contribution in [3.63, 3.8) is 0 Å². The minimum atomic E-state index is -4.32. The summed E-state index contributed by atoms with van der Waals surface area (Å²) in [6.45, 7) is -1.24. The summed E-state index contributed by atoms with van der Waals surface area (Å²) in [6, 6.07) is 1.46. The predicted octanol–water partition coefficient (Wildman–Crippen LogP) is 3.46. The highest BCUT2D eigenvalue weighted by Crippen LogP contribution is 2.24. The summed E-state index contributed by atoms with van der Waals surface area (Å²) < 4.78 is 42.1. The molecule has 1 amide bonds. The maximum atomic E-state index is 12.2. The Morgan fingerprint density at radius 2 is 2.18 bits per heavy atom. The van der Waals surface area contributed by atoms with Crippen molar-refractivity contribution in [2.24, 2.45) is 0 Å². The highest BCUT2D eigenvalue weighted by atomic mass is 79.9. The third-order valence-electron chi connectivity index (χ3n) is 3.41. The normalized spacial score (nSPS) is 22.4. The van der Waals surface area contributed by atoms with Gasteiger partial charge in [-0.05, 0) is 47.7 Å². The molecular formula is C14H16BrF3N2O2. The van der Waals surface area contributed by atoms with E-state index in [0.29, 0.717) is 22.9 Å². The van der Waals surface area contributed by atoms with Gasteiger partial charge in [0.25, 0.3) is 5.91 Å². The lowest BCUT2D eigenvalue weighted by atomic mass is 9.92. The standard InChI is InChI=1S/C14H16BrF3N2O2/c15-10-4-9(6-19-7-10)13(21)20-11-2-1-3-12(5-11)22-8-14(16,17)18/h4,6-7,11-12H,1-3,5,8H2,(H,20,21)/t11-,12+/m0/s1. The van der Waals surface area contributed by atoms with Crippen molar-refractivity contribution in [2.75, 3.05) is 6.61 Å². The topological polar surface area (TPSA) is 51.2 Å². The fourth-order valence-electron chi connectivity index (χ4n) is 2.44. The number of ether oxygens (including phenoxy) is 1. The van der Waals surface area contributed by atoms with Gasteiger partial charge in [-0.2, -0.15) is 13.2 Å². The second-order valence-electron chi connectivity index (χ2n) is 5.28. The minimum Gasteiger partial charge on any atom is -0.369 e. The van der Waals surface area contributed by atoms with Crippen LogP contribution in [0, 0.1) is 0 Å². The fourth-order valence-corrected chi connectivity index (χ4v) is 2.81. The molecule has 1 N–H and O–H groups in total. The summed E-state index contributed by atoms with van der Waals surface area (Å²) in [4.78, 5) is 16.0. The maximum Gasteiger partial charge on any atom is 0.411 e. The number of rotatable bonds is 4. The van der Waals surface area contributed by atoms with Crippen LogP contribution in [-0.2, 0) is 4.74 Å². The number of pyridine rings is 1. The predicted molar refractivity (Wildman–Crippen MR) is 77.5 cm³/mol. The summed E-state index contributed by atoms with van der Waals surface area (Å²) >= 11 is 3.24. The molecule has 1 heterocycles. The van der Waals surface area contributed by atoms with Crippen LogP contribution in [-0.4, -0.2) is 35.8 Å². The summed E-state index contributed by atoms with van der Waals surface area (Å²) in [7, 11) is 0. The van der Waals surface area contributed by atoms with Gasteiger partial charge in [-0.15, -0.1) is 0 Å². The highest BCUT2D eigenvalue weighted by Gasteiger charge is 2.31. The SMILES string of the molecule is O=C(N[C@H]1CCC[C@@H](OCC(F)(F)F)C1)c1cncc(Br)c1. The second kappa shape index (κ2) is 7.41. The first-order valence-corrected chi connectivity index (χ1v) is 7.72. The molecule has 0 aliphatic heterocycles. The number of hydrogen-bond acceptors (Lipinski definition) is 3. The first-order valence-electron chi connectivity index (χ1n) is 6.93. The van der Waals surface area contributed by atoms with Crippen LogP contribution in [0.1, 0.15) is 36.0 Å². The van der Waals surface area contributed by atoms with E-state index in [1.54, 1.807) is 12.3 Å². The Kier molecular flexibility index (Phi) is 5.80. The van der Waals surface area contributed by atoms with E-state index in [-0.39, 0.29) is 11.9 Å². The van der Waals surface area contributed by atoms with Crippen LogP contribution in [0.25, 0.3) is 0 Å². The average molecular weight is 381 g/mol. The quantitative estimate of drug-likeness (QED) is 0.869. The van der Waals surface area contributed by atoms with Gasteiger partial charge in [-0.3, -0.25) is 9.78 Å². The molecule has 122 valence electrons. The summed E-state index contributed by atoms with van der Waals surface area (Å²) in [5.74, 6) is -0.282. The van der Waals surface area contributed by atoms with Crippen molar-refractivity contribution >= 4 is 21.8 Å². The van der Waals surface area contributed by atoms with E-state index in [2.05, 4.69) is 26.2 Å². The smallest absolute Gasteiger partial charge is 0.369 e. The van der Waals surface area contributed by atoms with E-state index in [9.17, 15) is 18.0 Å². The minimum absolute atomic E-state index is 0.182. The van der Waals surface area contributed by atoms with Crippen molar-refractivity contribution in [3.05, 3.63) is 28.5 Å². The molecule has 1 aromatic heterocycles. The Morgan fingerprint density at radius 1 is 1.41 bits per heavy atom. The number of carbonyl (C=O) groups is 1. The lowest BCUT2D eigenvalue weighted by Crippen LogP contribution is -2.41. The maximum absolute atomic E-state index is 12.2. The first-order chi connectivity index (χ1) is 10.3. The van der Waals surface area contributed by atoms with Crippen molar-refractivity contribution in [2.45, 2.75) is 44.0 Å². The third-order valence-corrected chi connectivity index (χ3v) is 3.84. The molecule has 1 aliphatic carbocycles. The third kappa shape index (κ3) is 5.57. The molecule has 1 saturated carbocycles. The lowest BCUT2D eigenvalue weighted by Gasteiger charge is -2.30. The monoisotopic (exact) mass is 380 g/mol. The van der Waals surface area contributed by atoms with E-state index in [0.717, 1.165) is 12.8 Å². The molecule has 1 fully saturated rings. The Bertz CT molecular complexity index is 525. The van der Waals surface area contributed by atoms with Gasteiger partial charge in [0.1, 0.15) is 6.61 Å². The molecule has 0 saturated heterocycles. The molecule has 8 heteroatoms. The van der Waals surface area contributed by atoms with Crippen LogP contribution >= 0.6 is 15.9 Å². The Balaban J connectivity index is 1.86. The molecule has 4 nitrogen and oxygen atoms in total. The molecule has 1 aliphatic rings. The molecule has 0 aromatic carbocycles. The summed E-state index contributed by atoms with van der Waals surface area (Å²) in [5, 5.41) is 2.83. The zero-order valence-electron chi connectivity index (χ0n) is 11.7. The van der Waals surface area contributed by atoms with Crippen molar-refractivity contribution in [1.82, 2.24) is 10.3 Å². The van der Waals surface area contributed by atoms with E-state index in [1.807, 2.05) is 0 Å². The van der Waals surface area contributed by atoms with E-state index >= 15 is 0 Å². The Hall–Kier alpha value is -1.15. The summed E-state index contributed by atoms with van der Waals surface area (Å²) in [5.41, 5.74) is 0.410. The Morgan fingerprint density at radius 3 is 2.86 bits per heavy atom. The number of aromatic nitrogens is 1. The number of halogens is 4. The number of amides is 1. The van der Waals surface area contributed by atoms with Gasteiger partial charge in [-0.25, -0.2) is 0 Å². The Labute approximate surface area is 134 Å². The second-order valence-corrected chi connectivity index (χ2v) is 6.19. The van der Waals surface area contributed by atoms with Crippen molar-refractivity contribution in [1.29, 1.82) is 0 Å². The van der Waals surface area contributed by atoms with Crippen LogP contribution in [0.2, 0.25) is 0 Å². The van der Waals surface area contributed by atoms with E-state index in [1.165, 1.54) is 6.20 Å². The zero-order valence-corrected chi connectivity index (χ0v) is 13.3. The molecule has 2 atom stereocenters. The summed E-state index contributed by atoms with van der Waals surface area (Å²) in [6.07, 6.45) is 0.658. The van der Waals surface area contributed by atoms with Crippen LogP contribution in [0.3, 0.4) is 0 Å². The molecule has 0 radical (unpaired) electrons. The number of alkyl halides is 3. The van der Waals surface area contributed by atoms with Crippen molar-refractivity contribution in [3.8, 4) is 0 Å². The first kappa shape index (κ1) is 17.2. The number of nitrogens with one attached hydrogen (secondary N) is 1. The molecule has 2 rings (SSSR count). The van der Waals surface area contributed by atoms with Crippen molar-refractivity contribution < 1.29 is 22.7 Å². The van der Waals surface area contributed by atoms with Crippen LogP contribution in [0.5, 0.6) is 0 Å². The van der Waals surface area contributed by atoms with Gasteiger partial charge < -0.3 is 10.1 Å². The molecule has 0 bridgehead atoms. The van der Waals surface area contributed by atoms with E-state index < -0.39 is 18.9 Å². The average Bonchev–Trinajstić information content (AvgIpc) is 2.45. The molecule has 22 heavy (non-hydrogen) atoms. The number of nitrogens with zero attached hydrogens (tertiary/aromatic N) is 1. The number of carbonyl (C=O) groups excluding carboxylic acids is 1. The van der Waals surface area contributed by atoms with E-state index in [4.69, 9.17) is 4.74 Å². The molecule has 0 unspecified atom stereocenters. The number of hydrogen-bond donors (Lipinski definition) is 1. The lowest BCUT2D eigenvalue weighted by molar-refractivity contribution is -0.188. The molecule has 0 spiro atoms. The largest absolute Gasteiger partial charge is 0.411 e. The van der Waals surface area contributed by atoms with Gasteiger partial charge >= 0.3 is 6.18 Å². The van der Waals surface area contributed by atoms with Gasteiger partial charge in [0.2, 0.25) is 0 Å². The van der Waals surface area contributed by atoms with Crippen LogP contribution in [0.15, 0.2) is 22.9 Å². The van der Waals surface area contributed by atoms with Gasteiger partial charge in [0.05, 0.1) is 11.7 Å². The van der Waals surface area contributed by atoms with Gasteiger partial charge in [0.15, 0.2) is 0 Å². The van der Waals surface area contributed by atoms with Crippen LogP contribution in [0.4, 0.5) is 13.2 Å². The van der Waals surface area contributed by atoms with Crippen LogP contribution < -0.4 is 5.32 Å². The fraction of sp³-hybridized carbons (Fsp3) is 0.571.